The minimum Gasteiger partial charge on any atom is -0.497 e. The summed E-state index contributed by atoms with van der Waals surface area (Å²) in [5.41, 5.74) is 1.61. The van der Waals surface area contributed by atoms with E-state index in [-0.39, 0.29) is 5.12 Å². The number of aliphatic hydroxyl groups is 1. The predicted molar refractivity (Wildman–Crippen MR) is 89.2 cm³/mol. The van der Waals surface area contributed by atoms with Gasteiger partial charge < -0.3 is 19.9 Å². The molecule has 120 valence electrons. The zero-order chi connectivity index (χ0) is 16.4. The summed E-state index contributed by atoms with van der Waals surface area (Å²) in [6, 6.07) is 12.2. The Morgan fingerprint density at radius 2 is 1.70 bits per heavy atom. The molecule has 2 aromatic rings. The summed E-state index contributed by atoms with van der Waals surface area (Å²) in [6.45, 7) is 0. The summed E-state index contributed by atoms with van der Waals surface area (Å²) in [6.07, 6.45) is -1.15. The van der Waals surface area contributed by atoms with Crippen LogP contribution in [0.2, 0.25) is 0 Å². The molecule has 2 unspecified atom stereocenters. The van der Waals surface area contributed by atoms with Gasteiger partial charge in [-0.3, -0.25) is 4.79 Å². The normalized spacial score (nSPS) is 20.2. The highest BCUT2D eigenvalue weighted by molar-refractivity contribution is 8.14. The van der Waals surface area contributed by atoms with E-state index in [9.17, 15) is 9.90 Å². The molecule has 0 aliphatic carbocycles. The van der Waals surface area contributed by atoms with Crippen LogP contribution in [0.15, 0.2) is 47.4 Å². The number of fused-ring (bicyclic) bond motifs is 1. The molecule has 0 saturated carbocycles. The third kappa shape index (κ3) is 3.13. The molecule has 0 fully saturated rings. The van der Waals surface area contributed by atoms with Crippen molar-refractivity contribution in [3.63, 3.8) is 0 Å². The van der Waals surface area contributed by atoms with E-state index >= 15 is 0 Å². The molecule has 0 radical (unpaired) electrons. The van der Waals surface area contributed by atoms with Crippen molar-refractivity contribution < 1.29 is 19.4 Å². The summed E-state index contributed by atoms with van der Waals surface area (Å²) < 4.78 is 10.3. The van der Waals surface area contributed by atoms with Crippen molar-refractivity contribution in [1.82, 2.24) is 0 Å². The lowest BCUT2D eigenvalue weighted by atomic mass is 10.0. The number of methoxy groups -OCH3 is 2. The molecule has 0 bridgehead atoms. The molecular formula is C17H17NO4S. The fourth-order valence-corrected chi connectivity index (χ4v) is 3.35. The van der Waals surface area contributed by atoms with Gasteiger partial charge in [0.2, 0.25) is 5.12 Å². The minimum absolute atomic E-state index is 0.301. The molecule has 23 heavy (non-hydrogen) atoms. The molecule has 0 amide bonds. The topological polar surface area (TPSA) is 67.8 Å². The second-order valence-corrected chi connectivity index (χ2v) is 6.17. The monoisotopic (exact) mass is 331 g/mol. The van der Waals surface area contributed by atoms with Gasteiger partial charge in [0, 0.05) is 10.6 Å². The summed E-state index contributed by atoms with van der Waals surface area (Å²) in [5, 5.41) is 13.4. The second-order valence-electron chi connectivity index (χ2n) is 5.12. The lowest BCUT2D eigenvalue weighted by molar-refractivity contribution is -0.118. The van der Waals surface area contributed by atoms with Gasteiger partial charge in [-0.2, -0.15) is 0 Å². The van der Waals surface area contributed by atoms with E-state index in [1.807, 2.05) is 24.3 Å². The van der Waals surface area contributed by atoms with Gasteiger partial charge in [-0.1, -0.05) is 12.1 Å². The highest BCUT2D eigenvalue weighted by Crippen LogP contribution is 2.39. The van der Waals surface area contributed by atoms with Crippen molar-refractivity contribution in [2.45, 2.75) is 17.0 Å². The largest absolute Gasteiger partial charge is 0.497 e. The van der Waals surface area contributed by atoms with Gasteiger partial charge in [-0.15, -0.1) is 0 Å². The van der Waals surface area contributed by atoms with Crippen molar-refractivity contribution in [1.29, 1.82) is 0 Å². The average Bonchev–Trinajstić information content (AvgIpc) is 2.71. The van der Waals surface area contributed by atoms with Crippen LogP contribution in [0.1, 0.15) is 11.6 Å². The van der Waals surface area contributed by atoms with E-state index in [0.29, 0.717) is 5.75 Å². The first-order valence-corrected chi connectivity index (χ1v) is 7.92. The number of hydrogen-bond donors (Lipinski definition) is 2. The number of anilines is 1. The van der Waals surface area contributed by atoms with E-state index in [4.69, 9.17) is 9.47 Å². The molecule has 5 nitrogen and oxygen atoms in total. The van der Waals surface area contributed by atoms with Gasteiger partial charge >= 0.3 is 0 Å². The Kier molecular flexibility index (Phi) is 4.45. The van der Waals surface area contributed by atoms with Crippen LogP contribution < -0.4 is 14.8 Å². The Labute approximate surface area is 138 Å². The third-order valence-electron chi connectivity index (χ3n) is 3.74. The number of carbonyl (C=O) groups is 1. The first-order chi connectivity index (χ1) is 11.1. The summed E-state index contributed by atoms with van der Waals surface area (Å²) in [4.78, 5) is 13.0. The number of aliphatic hydroxyl groups excluding tert-OH is 1. The number of thioether (sulfide) groups is 1. The lowest BCUT2D eigenvalue weighted by Crippen LogP contribution is -2.29. The van der Waals surface area contributed by atoms with Crippen LogP contribution in [0, 0.1) is 0 Å². The van der Waals surface area contributed by atoms with Crippen LogP contribution in [0.4, 0.5) is 5.69 Å². The first-order valence-electron chi connectivity index (χ1n) is 7.10. The molecule has 1 aliphatic rings. The van der Waals surface area contributed by atoms with E-state index in [1.54, 1.807) is 32.4 Å². The molecule has 0 saturated heterocycles. The molecule has 1 aliphatic heterocycles. The van der Waals surface area contributed by atoms with Crippen LogP contribution >= 0.6 is 11.8 Å². The summed E-state index contributed by atoms with van der Waals surface area (Å²) >= 11 is 1.02. The van der Waals surface area contributed by atoms with E-state index in [1.165, 1.54) is 0 Å². The Morgan fingerprint density at radius 3 is 2.35 bits per heavy atom. The number of nitrogens with one attached hydrogen (secondary N) is 1. The van der Waals surface area contributed by atoms with E-state index in [2.05, 4.69) is 5.32 Å². The van der Waals surface area contributed by atoms with Crippen LogP contribution in [-0.4, -0.2) is 30.5 Å². The maximum Gasteiger partial charge on any atom is 0.224 e. The molecular weight excluding hydrogens is 314 g/mol. The standard InChI is InChI=1S/C17H17NO4S/c1-21-11-5-3-10(4-6-11)15-16(19)17(20)23-14-9-12(22-2)7-8-13(14)18-15/h3-9,15-16,18-19H,1-2H3. The molecule has 1 heterocycles. The maximum atomic E-state index is 12.3. The third-order valence-corrected chi connectivity index (χ3v) is 4.74. The zero-order valence-electron chi connectivity index (χ0n) is 12.8. The van der Waals surface area contributed by atoms with Crippen molar-refractivity contribution in [2.75, 3.05) is 19.5 Å². The van der Waals surface area contributed by atoms with Crippen LogP contribution in [0.3, 0.4) is 0 Å². The Morgan fingerprint density at radius 1 is 1.04 bits per heavy atom. The average molecular weight is 331 g/mol. The molecule has 6 heteroatoms. The van der Waals surface area contributed by atoms with Crippen molar-refractivity contribution in [3.8, 4) is 11.5 Å². The van der Waals surface area contributed by atoms with Gasteiger partial charge in [-0.05, 0) is 47.7 Å². The number of carbonyl (C=O) groups excluding carboxylic acids is 1. The van der Waals surface area contributed by atoms with Crippen LogP contribution in [0.25, 0.3) is 0 Å². The smallest absolute Gasteiger partial charge is 0.224 e. The quantitative estimate of drug-likeness (QED) is 0.901. The number of rotatable bonds is 3. The van der Waals surface area contributed by atoms with Crippen molar-refractivity contribution in [3.05, 3.63) is 48.0 Å². The van der Waals surface area contributed by atoms with Gasteiger partial charge in [-0.25, -0.2) is 0 Å². The molecule has 0 aromatic heterocycles. The Bertz CT molecular complexity index is 717. The number of benzene rings is 2. The highest BCUT2D eigenvalue weighted by Gasteiger charge is 2.32. The van der Waals surface area contributed by atoms with Crippen molar-refractivity contribution >= 4 is 22.6 Å². The minimum atomic E-state index is -1.15. The van der Waals surface area contributed by atoms with Gasteiger partial charge in [0.25, 0.3) is 0 Å². The first kappa shape index (κ1) is 15.7. The van der Waals surface area contributed by atoms with Gasteiger partial charge in [0.1, 0.15) is 17.6 Å². The molecule has 2 atom stereocenters. The fraction of sp³-hybridized carbons (Fsp3) is 0.235. The van der Waals surface area contributed by atoms with Crippen molar-refractivity contribution in [2.24, 2.45) is 0 Å². The SMILES string of the molecule is COc1ccc(C2Nc3ccc(OC)cc3SC(=O)C2O)cc1. The number of ether oxygens (including phenoxy) is 2. The molecule has 2 aromatic carbocycles. The lowest BCUT2D eigenvalue weighted by Gasteiger charge is -2.22. The van der Waals surface area contributed by atoms with Gasteiger partial charge in [0.05, 0.1) is 20.3 Å². The predicted octanol–water partition coefficient (Wildman–Crippen LogP) is 2.85. The summed E-state index contributed by atoms with van der Waals surface area (Å²) in [5.74, 6) is 1.39. The Balaban J connectivity index is 1.97. The van der Waals surface area contributed by atoms with Crippen LogP contribution in [0.5, 0.6) is 11.5 Å². The molecule has 2 N–H and O–H groups in total. The zero-order valence-corrected chi connectivity index (χ0v) is 13.6. The second kappa shape index (κ2) is 6.52. The van der Waals surface area contributed by atoms with Gasteiger partial charge in [0.15, 0.2) is 0 Å². The summed E-state index contributed by atoms with van der Waals surface area (Å²) in [7, 11) is 3.17. The van der Waals surface area contributed by atoms with E-state index < -0.39 is 12.1 Å². The van der Waals surface area contributed by atoms with E-state index in [0.717, 1.165) is 33.7 Å². The molecule has 3 rings (SSSR count). The Hall–Kier alpha value is -2.18. The maximum absolute atomic E-state index is 12.3. The number of hydrogen-bond acceptors (Lipinski definition) is 6. The molecule has 0 spiro atoms. The fourth-order valence-electron chi connectivity index (χ4n) is 2.46. The van der Waals surface area contributed by atoms with Crippen LogP contribution in [-0.2, 0) is 4.79 Å². The highest BCUT2D eigenvalue weighted by atomic mass is 32.2.